The Hall–Kier alpha value is -2.97. The van der Waals surface area contributed by atoms with Crippen LogP contribution in [-0.4, -0.2) is 9.97 Å². The van der Waals surface area contributed by atoms with E-state index in [4.69, 9.17) is 4.74 Å². The van der Waals surface area contributed by atoms with Gasteiger partial charge in [0.25, 0.3) is 0 Å². The SMILES string of the molecule is Cc1csc(Nc2cc(Oc3c(F)cccc3F)c(Sc3ccccc3)cn2)n1. The van der Waals surface area contributed by atoms with Gasteiger partial charge in [-0.05, 0) is 31.2 Å². The number of nitrogens with zero attached hydrogens (tertiary/aromatic N) is 2. The van der Waals surface area contributed by atoms with Gasteiger partial charge in [-0.1, -0.05) is 36.0 Å². The minimum absolute atomic E-state index is 0.286. The molecule has 0 aliphatic heterocycles. The van der Waals surface area contributed by atoms with Crippen molar-refractivity contribution in [1.29, 1.82) is 0 Å². The van der Waals surface area contributed by atoms with Gasteiger partial charge in [0.05, 0.1) is 10.6 Å². The molecule has 4 rings (SSSR count). The number of aryl methyl sites for hydroxylation is 1. The first-order valence-electron chi connectivity index (χ1n) is 8.62. The molecule has 1 N–H and O–H groups in total. The van der Waals surface area contributed by atoms with E-state index < -0.39 is 17.4 Å². The summed E-state index contributed by atoms with van der Waals surface area (Å²) in [5.74, 6) is -1.26. The molecule has 0 spiro atoms. The topological polar surface area (TPSA) is 47.0 Å². The Bertz CT molecular complexity index is 1120. The van der Waals surface area contributed by atoms with Crippen LogP contribution in [0.5, 0.6) is 11.5 Å². The number of pyridine rings is 1. The van der Waals surface area contributed by atoms with E-state index in [9.17, 15) is 8.78 Å². The molecule has 4 nitrogen and oxygen atoms in total. The lowest BCUT2D eigenvalue weighted by Gasteiger charge is -2.13. The summed E-state index contributed by atoms with van der Waals surface area (Å²) < 4.78 is 33.9. The molecular formula is C21H15F2N3OS2. The standard InChI is InChI=1S/C21H15F2N3OS2/c1-13-12-28-21(25-13)26-19-10-17(27-20-15(22)8-5-9-16(20)23)18(11-24-19)29-14-6-3-2-4-7-14/h2-12H,1H3,(H,24,25,26). The van der Waals surface area contributed by atoms with E-state index in [2.05, 4.69) is 15.3 Å². The molecule has 2 aromatic heterocycles. The van der Waals surface area contributed by atoms with E-state index in [0.29, 0.717) is 15.8 Å². The Morgan fingerprint density at radius 2 is 1.79 bits per heavy atom. The van der Waals surface area contributed by atoms with Gasteiger partial charge in [-0.3, -0.25) is 0 Å². The molecule has 0 saturated heterocycles. The number of ether oxygens (including phenoxy) is 1. The highest BCUT2D eigenvalue weighted by molar-refractivity contribution is 7.99. The molecule has 0 bridgehead atoms. The first kappa shape index (κ1) is 19.4. The van der Waals surface area contributed by atoms with Crippen molar-refractivity contribution in [3.05, 3.63) is 83.5 Å². The Morgan fingerprint density at radius 3 is 2.48 bits per heavy atom. The van der Waals surface area contributed by atoms with E-state index in [0.717, 1.165) is 22.7 Å². The highest BCUT2D eigenvalue weighted by Gasteiger charge is 2.16. The lowest BCUT2D eigenvalue weighted by atomic mass is 10.3. The van der Waals surface area contributed by atoms with Crippen LogP contribution in [0.25, 0.3) is 0 Å². The smallest absolute Gasteiger partial charge is 0.198 e. The zero-order chi connectivity index (χ0) is 20.2. The van der Waals surface area contributed by atoms with Gasteiger partial charge in [-0.25, -0.2) is 18.7 Å². The summed E-state index contributed by atoms with van der Waals surface area (Å²) in [6, 6.07) is 14.8. The quantitative estimate of drug-likeness (QED) is 0.366. The van der Waals surface area contributed by atoms with E-state index in [-0.39, 0.29) is 5.75 Å². The van der Waals surface area contributed by atoms with Crippen LogP contribution >= 0.6 is 23.1 Å². The van der Waals surface area contributed by atoms with Gasteiger partial charge in [0.1, 0.15) is 11.6 Å². The van der Waals surface area contributed by atoms with Gasteiger partial charge in [-0.15, -0.1) is 11.3 Å². The van der Waals surface area contributed by atoms with E-state index in [1.807, 2.05) is 42.6 Å². The van der Waals surface area contributed by atoms with Crippen molar-refractivity contribution in [1.82, 2.24) is 9.97 Å². The molecule has 146 valence electrons. The molecule has 8 heteroatoms. The van der Waals surface area contributed by atoms with Gasteiger partial charge >= 0.3 is 0 Å². The molecule has 0 amide bonds. The Balaban J connectivity index is 1.70. The third-order valence-corrected chi connectivity index (χ3v) is 5.70. The van der Waals surface area contributed by atoms with Gasteiger partial charge in [0.2, 0.25) is 0 Å². The maximum absolute atomic E-state index is 14.1. The Morgan fingerprint density at radius 1 is 1.03 bits per heavy atom. The van der Waals surface area contributed by atoms with Crippen molar-refractivity contribution in [2.45, 2.75) is 16.7 Å². The second-order valence-electron chi connectivity index (χ2n) is 6.00. The number of halogens is 2. The number of rotatable bonds is 6. The fourth-order valence-electron chi connectivity index (χ4n) is 2.48. The first-order chi connectivity index (χ1) is 14.1. The Kier molecular flexibility index (Phi) is 5.73. The molecule has 0 aliphatic carbocycles. The summed E-state index contributed by atoms with van der Waals surface area (Å²) in [7, 11) is 0. The number of hydrogen-bond donors (Lipinski definition) is 1. The van der Waals surface area contributed by atoms with Crippen molar-refractivity contribution < 1.29 is 13.5 Å². The summed E-state index contributed by atoms with van der Waals surface area (Å²) in [4.78, 5) is 10.3. The number of nitrogens with one attached hydrogen (secondary N) is 1. The lowest BCUT2D eigenvalue weighted by Crippen LogP contribution is -1.98. The van der Waals surface area contributed by atoms with Crippen molar-refractivity contribution in [2.75, 3.05) is 5.32 Å². The monoisotopic (exact) mass is 427 g/mol. The molecule has 0 atom stereocenters. The molecule has 29 heavy (non-hydrogen) atoms. The molecule has 0 radical (unpaired) electrons. The van der Waals surface area contributed by atoms with Crippen LogP contribution in [0.4, 0.5) is 19.7 Å². The molecule has 2 aromatic carbocycles. The van der Waals surface area contributed by atoms with Crippen LogP contribution in [-0.2, 0) is 0 Å². The predicted molar refractivity (Wildman–Crippen MR) is 111 cm³/mol. The largest absolute Gasteiger partial charge is 0.450 e. The average Bonchev–Trinajstić information content (AvgIpc) is 3.12. The fourth-order valence-corrected chi connectivity index (χ4v) is 4.02. The minimum Gasteiger partial charge on any atom is -0.450 e. The maximum Gasteiger partial charge on any atom is 0.198 e. The minimum atomic E-state index is -0.775. The molecule has 0 unspecified atom stereocenters. The summed E-state index contributed by atoms with van der Waals surface area (Å²) in [6.45, 7) is 1.89. The van der Waals surface area contributed by atoms with Crippen LogP contribution < -0.4 is 10.1 Å². The highest BCUT2D eigenvalue weighted by Crippen LogP contribution is 2.39. The molecule has 0 fully saturated rings. The third kappa shape index (κ3) is 4.72. The average molecular weight is 428 g/mol. The molecule has 0 saturated carbocycles. The fraction of sp³-hybridized carbons (Fsp3) is 0.0476. The summed E-state index contributed by atoms with van der Waals surface area (Å²) in [5, 5.41) is 5.67. The van der Waals surface area contributed by atoms with Crippen molar-refractivity contribution in [2.24, 2.45) is 0 Å². The summed E-state index contributed by atoms with van der Waals surface area (Å²) >= 11 is 2.83. The first-order valence-corrected chi connectivity index (χ1v) is 10.3. The summed E-state index contributed by atoms with van der Waals surface area (Å²) in [5.41, 5.74) is 0.888. The van der Waals surface area contributed by atoms with Gasteiger partial charge in [0, 0.05) is 22.5 Å². The number of para-hydroxylation sites is 1. The second-order valence-corrected chi connectivity index (χ2v) is 7.98. The number of hydrogen-bond acceptors (Lipinski definition) is 6. The van der Waals surface area contributed by atoms with Gasteiger partial charge in [0.15, 0.2) is 22.5 Å². The highest BCUT2D eigenvalue weighted by atomic mass is 32.2. The zero-order valence-corrected chi connectivity index (χ0v) is 16.9. The van der Waals surface area contributed by atoms with E-state index in [1.165, 1.54) is 29.2 Å². The maximum atomic E-state index is 14.1. The normalized spacial score (nSPS) is 10.7. The zero-order valence-electron chi connectivity index (χ0n) is 15.2. The van der Waals surface area contributed by atoms with Crippen molar-refractivity contribution in [3.8, 4) is 11.5 Å². The predicted octanol–water partition coefficient (Wildman–Crippen LogP) is 6.81. The van der Waals surface area contributed by atoms with Crippen molar-refractivity contribution >= 4 is 34.0 Å². The number of benzene rings is 2. The third-order valence-electron chi connectivity index (χ3n) is 3.79. The van der Waals surface area contributed by atoms with Crippen LogP contribution in [0.1, 0.15) is 5.69 Å². The van der Waals surface area contributed by atoms with E-state index >= 15 is 0 Å². The molecule has 0 aliphatic rings. The number of thiazole rings is 1. The molecular weight excluding hydrogens is 412 g/mol. The van der Waals surface area contributed by atoms with Gasteiger partial charge in [-0.2, -0.15) is 0 Å². The van der Waals surface area contributed by atoms with Crippen LogP contribution in [0, 0.1) is 18.6 Å². The lowest BCUT2D eigenvalue weighted by molar-refractivity contribution is 0.400. The van der Waals surface area contributed by atoms with E-state index in [1.54, 1.807) is 12.3 Å². The summed E-state index contributed by atoms with van der Waals surface area (Å²) in [6.07, 6.45) is 1.61. The van der Waals surface area contributed by atoms with Crippen LogP contribution in [0.15, 0.2) is 76.0 Å². The van der Waals surface area contributed by atoms with Crippen LogP contribution in [0.3, 0.4) is 0 Å². The van der Waals surface area contributed by atoms with Gasteiger partial charge < -0.3 is 10.1 Å². The number of anilines is 2. The molecule has 2 heterocycles. The van der Waals surface area contributed by atoms with Crippen molar-refractivity contribution in [3.63, 3.8) is 0 Å². The Labute approximate surface area is 174 Å². The van der Waals surface area contributed by atoms with Crippen LogP contribution in [0.2, 0.25) is 0 Å². The number of aromatic nitrogens is 2. The second kappa shape index (κ2) is 8.59. The molecule has 4 aromatic rings.